The number of amides is 1. The Morgan fingerprint density at radius 1 is 1.20 bits per heavy atom. The quantitative estimate of drug-likeness (QED) is 0.774. The van der Waals surface area contributed by atoms with Crippen molar-refractivity contribution in [2.75, 3.05) is 31.6 Å². The second-order valence-corrected chi connectivity index (χ2v) is 7.71. The number of allylic oxidation sites excluding steroid dienone is 1. The second kappa shape index (κ2) is 7.11. The van der Waals surface area contributed by atoms with Crippen molar-refractivity contribution in [2.24, 2.45) is 17.8 Å². The average Bonchev–Trinajstić information content (AvgIpc) is 3.56. The van der Waals surface area contributed by atoms with Gasteiger partial charge in [-0.2, -0.15) is 0 Å². The number of benzene rings is 1. The molecule has 1 aromatic rings. The SMILES string of the molecule is COc1ccccc1N1CCC(CNC(=O)C=C(C2CC2)C2CC2)C1. The zero-order valence-electron chi connectivity index (χ0n) is 15.0. The van der Waals surface area contributed by atoms with Crippen LogP contribution in [-0.4, -0.2) is 32.7 Å². The molecular formula is C21H28N2O2. The first-order chi connectivity index (χ1) is 12.2. The fourth-order valence-electron chi connectivity index (χ4n) is 3.96. The molecule has 2 saturated carbocycles. The van der Waals surface area contributed by atoms with Crippen LogP contribution in [0.5, 0.6) is 5.75 Å². The molecule has 0 spiro atoms. The summed E-state index contributed by atoms with van der Waals surface area (Å²) in [5.74, 6) is 2.97. The van der Waals surface area contributed by atoms with E-state index in [0.29, 0.717) is 17.8 Å². The van der Waals surface area contributed by atoms with Gasteiger partial charge >= 0.3 is 0 Å². The van der Waals surface area contributed by atoms with E-state index in [4.69, 9.17) is 4.74 Å². The second-order valence-electron chi connectivity index (χ2n) is 7.71. The maximum atomic E-state index is 12.3. The van der Waals surface area contributed by atoms with Crippen molar-refractivity contribution in [1.29, 1.82) is 0 Å². The van der Waals surface area contributed by atoms with Crippen LogP contribution in [0.15, 0.2) is 35.9 Å². The van der Waals surface area contributed by atoms with Gasteiger partial charge in [-0.3, -0.25) is 4.79 Å². The van der Waals surface area contributed by atoms with E-state index in [2.05, 4.69) is 22.3 Å². The van der Waals surface area contributed by atoms with Gasteiger partial charge in [0.2, 0.25) is 5.91 Å². The van der Waals surface area contributed by atoms with Crippen LogP contribution in [0.1, 0.15) is 32.1 Å². The summed E-state index contributed by atoms with van der Waals surface area (Å²) < 4.78 is 5.47. The lowest BCUT2D eigenvalue weighted by Gasteiger charge is -2.21. The Kier molecular flexibility index (Phi) is 4.69. The van der Waals surface area contributed by atoms with Crippen molar-refractivity contribution in [2.45, 2.75) is 32.1 Å². The van der Waals surface area contributed by atoms with Gasteiger partial charge in [0.15, 0.2) is 0 Å². The fourth-order valence-corrected chi connectivity index (χ4v) is 3.96. The molecule has 1 saturated heterocycles. The topological polar surface area (TPSA) is 41.6 Å². The molecule has 1 atom stereocenters. The molecule has 4 nitrogen and oxygen atoms in total. The summed E-state index contributed by atoms with van der Waals surface area (Å²) in [6.45, 7) is 2.76. The van der Waals surface area contributed by atoms with Gasteiger partial charge in [-0.15, -0.1) is 0 Å². The van der Waals surface area contributed by atoms with Gasteiger partial charge < -0.3 is 15.0 Å². The molecule has 1 unspecified atom stereocenters. The summed E-state index contributed by atoms with van der Waals surface area (Å²) in [5.41, 5.74) is 2.59. The van der Waals surface area contributed by atoms with Crippen LogP contribution in [0.3, 0.4) is 0 Å². The number of rotatable bonds is 7. The molecule has 0 aromatic heterocycles. The third kappa shape index (κ3) is 4.00. The van der Waals surface area contributed by atoms with Crippen LogP contribution in [0.4, 0.5) is 5.69 Å². The Hall–Kier alpha value is -1.97. The maximum absolute atomic E-state index is 12.3. The summed E-state index contributed by atoms with van der Waals surface area (Å²) in [5, 5.41) is 3.15. The lowest BCUT2D eigenvalue weighted by atomic mass is 10.1. The predicted molar refractivity (Wildman–Crippen MR) is 99.9 cm³/mol. The van der Waals surface area contributed by atoms with Crippen molar-refractivity contribution in [3.8, 4) is 5.75 Å². The highest BCUT2D eigenvalue weighted by atomic mass is 16.5. The van der Waals surface area contributed by atoms with Crippen molar-refractivity contribution in [1.82, 2.24) is 5.32 Å². The first-order valence-electron chi connectivity index (χ1n) is 9.62. The van der Waals surface area contributed by atoms with Crippen LogP contribution in [0, 0.1) is 17.8 Å². The van der Waals surface area contributed by atoms with Crippen LogP contribution in [0.2, 0.25) is 0 Å². The number of carbonyl (C=O) groups excluding carboxylic acids is 1. The summed E-state index contributed by atoms with van der Waals surface area (Å²) in [4.78, 5) is 14.7. The number of para-hydroxylation sites is 2. The monoisotopic (exact) mass is 340 g/mol. The van der Waals surface area contributed by atoms with E-state index in [1.807, 2.05) is 18.2 Å². The van der Waals surface area contributed by atoms with E-state index in [0.717, 1.165) is 37.5 Å². The van der Waals surface area contributed by atoms with Gasteiger partial charge in [-0.05, 0) is 62.0 Å². The highest BCUT2D eigenvalue weighted by molar-refractivity contribution is 5.88. The summed E-state index contributed by atoms with van der Waals surface area (Å²) >= 11 is 0. The van der Waals surface area contributed by atoms with Crippen molar-refractivity contribution >= 4 is 11.6 Å². The van der Waals surface area contributed by atoms with E-state index in [1.54, 1.807) is 7.11 Å². The Morgan fingerprint density at radius 3 is 2.60 bits per heavy atom. The van der Waals surface area contributed by atoms with Gasteiger partial charge in [0.05, 0.1) is 12.8 Å². The molecule has 0 radical (unpaired) electrons. The van der Waals surface area contributed by atoms with Gasteiger partial charge in [0.1, 0.15) is 5.75 Å². The molecular weight excluding hydrogens is 312 g/mol. The highest BCUT2D eigenvalue weighted by Crippen LogP contribution is 2.48. The molecule has 4 rings (SSSR count). The molecule has 134 valence electrons. The van der Waals surface area contributed by atoms with Crippen molar-refractivity contribution in [3.05, 3.63) is 35.9 Å². The highest BCUT2D eigenvalue weighted by Gasteiger charge is 2.36. The molecule has 25 heavy (non-hydrogen) atoms. The van der Waals surface area contributed by atoms with Crippen LogP contribution >= 0.6 is 0 Å². The average molecular weight is 340 g/mol. The number of methoxy groups -OCH3 is 1. The van der Waals surface area contributed by atoms with Gasteiger partial charge in [0.25, 0.3) is 0 Å². The first-order valence-corrected chi connectivity index (χ1v) is 9.62. The number of ether oxygens (including phenoxy) is 1. The van der Waals surface area contributed by atoms with E-state index in [-0.39, 0.29) is 5.91 Å². The van der Waals surface area contributed by atoms with Crippen LogP contribution in [0.25, 0.3) is 0 Å². The third-order valence-corrected chi connectivity index (χ3v) is 5.67. The van der Waals surface area contributed by atoms with Crippen LogP contribution < -0.4 is 15.0 Å². The molecule has 1 aromatic carbocycles. The Balaban J connectivity index is 1.29. The molecule has 1 amide bonds. The minimum atomic E-state index is 0.115. The zero-order chi connectivity index (χ0) is 17.2. The minimum absolute atomic E-state index is 0.115. The summed E-state index contributed by atoms with van der Waals surface area (Å²) in [6.07, 6.45) is 8.17. The van der Waals surface area contributed by atoms with Gasteiger partial charge in [0, 0.05) is 25.7 Å². The molecule has 3 aliphatic rings. The number of carbonyl (C=O) groups is 1. The van der Waals surface area contributed by atoms with E-state index in [9.17, 15) is 4.79 Å². The van der Waals surface area contributed by atoms with E-state index >= 15 is 0 Å². The van der Waals surface area contributed by atoms with Crippen LogP contribution in [-0.2, 0) is 4.79 Å². The standard InChI is InChI=1S/C21H28N2O2/c1-25-20-5-3-2-4-19(20)23-11-10-15(14-23)13-22-21(24)12-18(16-6-7-16)17-8-9-17/h2-5,12,15-17H,6-11,13-14H2,1H3,(H,22,24). The number of nitrogens with zero attached hydrogens (tertiary/aromatic N) is 1. The fraction of sp³-hybridized carbons (Fsp3) is 0.571. The van der Waals surface area contributed by atoms with E-state index < -0.39 is 0 Å². The molecule has 1 aliphatic heterocycles. The third-order valence-electron chi connectivity index (χ3n) is 5.67. The lowest BCUT2D eigenvalue weighted by Crippen LogP contribution is -2.30. The predicted octanol–water partition coefficient (Wildman–Crippen LogP) is 3.38. The summed E-state index contributed by atoms with van der Waals surface area (Å²) in [7, 11) is 1.72. The molecule has 1 N–H and O–H groups in total. The number of anilines is 1. The maximum Gasteiger partial charge on any atom is 0.243 e. The smallest absolute Gasteiger partial charge is 0.243 e. The van der Waals surface area contributed by atoms with Gasteiger partial charge in [-0.1, -0.05) is 17.7 Å². The molecule has 0 bridgehead atoms. The van der Waals surface area contributed by atoms with E-state index in [1.165, 1.54) is 31.3 Å². The largest absolute Gasteiger partial charge is 0.495 e. The molecule has 4 heteroatoms. The number of hydrogen-bond donors (Lipinski definition) is 1. The lowest BCUT2D eigenvalue weighted by molar-refractivity contribution is -0.116. The molecule has 3 fully saturated rings. The van der Waals surface area contributed by atoms with Crippen molar-refractivity contribution < 1.29 is 9.53 Å². The number of hydrogen-bond acceptors (Lipinski definition) is 3. The zero-order valence-corrected chi connectivity index (χ0v) is 15.0. The Labute approximate surface area is 150 Å². The molecule has 1 heterocycles. The number of nitrogens with one attached hydrogen (secondary N) is 1. The summed E-state index contributed by atoms with van der Waals surface area (Å²) in [6, 6.07) is 8.17. The molecule has 2 aliphatic carbocycles. The Bertz CT molecular complexity index is 648. The first kappa shape index (κ1) is 16.5. The van der Waals surface area contributed by atoms with Gasteiger partial charge in [-0.25, -0.2) is 0 Å². The van der Waals surface area contributed by atoms with Crippen molar-refractivity contribution in [3.63, 3.8) is 0 Å². The normalized spacial score (nSPS) is 22.6. The minimum Gasteiger partial charge on any atom is -0.495 e. The Morgan fingerprint density at radius 2 is 1.92 bits per heavy atom.